The summed E-state index contributed by atoms with van der Waals surface area (Å²) in [5, 5.41) is 19.0. The van der Waals surface area contributed by atoms with E-state index in [0.29, 0.717) is 5.75 Å². The van der Waals surface area contributed by atoms with E-state index in [1.165, 1.54) is 22.3 Å². The molecule has 0 atom stereocenters. The van der Waals surface area contributed by atoms with Gasteiger partial charge in [0.1, 0.15) is 6.61 Å². The van der Waals surface area contributed by atoms with Crippen molar-refractivity contribution >= 4 is 0 Å². The summed E-state index contributed by atoms with van der Waals surface area (Å²) in [5.41, 5.74) is 7.29. The number of hydrogen-bond donors (Lipinski definition) is 2. The van der Waals surface area contributed by atoms with Crippen molar-refractivity contribution in [2.75, 3.05) is 13.2 Å². The standard InChI is InChI=1S/C21H18O3/c22-10-11-24-21-9-8-15(13-20(21)23)17-6-3-7-18-16-5-2-1-4-14(16)12-19(17)18/h1-9,13,22-23H,10-12H2. The third-order valence-corrected chi connectivity index (χ3v) is 4.47. The van der Waals surface area contributed by atoms with Crippen molar-refractivity contribution in [3.8, 4) is 33.8 Å². The summed E-state index contributed by atoms with van der Waals surface area (Å²) in [6.07, 6.45) is 0.908. The van der Waals surface area contributed by atoms with Crippen molar-refractivity contribution in [3.63, 3.8) is 0 Å². The van der Waals surface area contributed by atoms with Gasteiger partial charge >= 0.3 is 0 Å². The molecule has 0 unspecified atom stereocenters. The van der Waals surface area contributed by atoms with E-state index < -0.39 is 0 Å². The minimum Gasteiger partial charge on any atom is -0.504 e. The summed E-state index contributed by atoms with van der Waals surface area (Å²) in [6.45, 7) is 0.0919. The van der Waals surface area contributed by atoms with Gasteiger partial charge in [-0.2, -0.15) is 0 Å². The van der Waals surface area contributed by atoms with Gasteiger partial charge in [0.05, 0.1) is 6.61 Å². The summed E-state index contributed by atoms with van der Waals surface area (Å²) in [7, 11) is 0. The molecule has 0 aliphatic heterocycles. The van der Waals surface area contributed by atoms with Crippen molar-refractivity contribution in [2.24, 2.45) is 0 Å². The maximum Gasteiger partial charge on any atom is 0.161 e. The maximum atomic E-state index is 10.2. The summed E-state index contributed by atoms with van der Waals surface area (Å²) >= 11 is 0. The fraction of sp³-hybridized carbons (Fsp3) is 0.143. The Morgan fingerprint density at radius 3 is 2.50 bits per heavy atom. The van der Waals surface area contributed by atoms with Gasteiger partial charge in [-0.3, -0.25) is 0 Å². The summed E-state index contributed by atoms with van der Waals surface area (Å²) in [4.78, 5) is 0. The zero-order chi connectivity index (χ0) is 16.5. The fourth-order valence-corrected chi connectivity index (χ4v) is 3.39. The highest BCUT2D eigenvalue weighted by atomic mass is 16.5. The molecule has 3 nitrogen and oxygen atoms in total. The van der Waals surface area contributed by atoms with Crippen LogP contribution in [0.15, 0.2) is 60.7 Å². The Labute approximate surface area is 140 Å². The monoisotopic (exact) mass is 318 g/mol. The molecule has 1 aliphatic carbocycles. The first-order valence-electron chi connectivity index (χ1n) is 8.05. The van der Waals surface area contributed by atoms with E-state index in [0.717, 1.165) is 17.5 Å². The second-order valence-electron chi connectivity index (χ2n) is 5.92. The van der Waals surface area contributed by atoms with Gasteiger partial charge in [-0.1, -0.05) is 48.5 Å². The molecule has 0 spiro atoms. The van der Waals surface area contributed by atoms with Crippen LogP contribution in [0.5, 0.6) is 11.5 Å². The second-order valence-corrected chi connectivity index (χ2v) is 5.92. The van der Waals surface area contributed by atoms with Crippen LogP contribution >= 0.6 is 0 Å². The predicted octanol–water partition coefficient (Wildman–Crippen LogP) is 4.00. The highest BCUT2D eigenvalue weighted by Crippen LogP contribution is 2.42. The molecule has 24 heavy (non-hydrogen) atoms. The Bertz CT molecular complexity index is 899. The molecule has 1 aliphatic rings. The SMILES string of the molecule is OCCOc1ccc(-c2cccc3c2Cc2ccccc2-3)cc1O. The molecular formula is C21H18O3. The lowest BCUT2D eigenvalue weighted by atomic mass is 9.95. The molecule has 0 aromatic heterocycles. The first-order valence-corrected chi connectivity index (χ1v) is 8.05. The van der Waals surface area contributed by atoms with Crippen LogP contribution in [0.2, 0.25) is 0 Å². The Morgan fingerprint density at radius 2 is 1.67 bits per heavy atom. The van der Waals surface area contributed by atoms with Crippen LogP contribution in [0.1, 0.15) is 11.1 Å². The van der Waals surface area contributed by atoms with Crippen molar-refractivity contribution in [1.29, 1.82) is 0 Å². The molecule has 3 aromatic rings. The number of hydrogen-bond acceptors (Lipinski definition) is 3. The van der Waals surface area contributed by atoms with Crippen LogP contribution < -0.4 is 4.74 Å². The average molecular weight is 318 g/mol. The Kier molecular flexibility index (Phi) is 3.71. The fourth-order valence-electron chi connectivity index (χ4n) is 3.39. The van der Waals surface area contributed by atoms with Crippen molar-refractivity contribution in [2.45, 2.75) is 6.42 Å². The first kappa shape index (κ1) is 14.8. The molecule has 120 valence electrons. The molecule has 0 heterocycles. The predicted molar refractivity (Wildman–Crippen MR) is 94.4 cm³/mol. The molecule has 0 saturated heterocycles. The van der Waals surface area contributed by atoms with Gasteiger partial charge < -0.3 is 14.9 Å². The van der Waals surface area contributed by atoms with Gasteiger partial charge in [-0.05, 0) is 51.9 Å². The van der Waals surface area contributed by atoms with Crippen LogP contribution in [0.4, 0.5) is 0 Å². The minimum atomic E-state index is -0.0777. The number of aliphatic hydroxyl groups excluding tert-OH is 1. The average Bonchev–Trinajstić information content (AvgIpc) is 2.99. The third kappa shape index (κ3) is 2.43. The van der Waals surface area contributed by atoms with E-state index in [9.17, 15) is 5.11 Å². The molecule has 3 aromatic carbocycles. The van der Waals surface area contributed by atoms with Gasteiger partial charge in [-0.25, -0.2) is 0 Å². The molecule has 0 saturated carbocycles. The van der Waals surface area contributed by atoms with Gasteiger partial charge in [0, 0.05) is 0 Å². The van der Waals surface area contributed by atoms with Crippen LogP contribution in [0, 0.1) is 0 Å². The zero-order valence-electron chi connectivity index (χ0n) is 13.2. The Balaban J connectivity index is 1.76. The number of phenolic OH excluding ortho intramolecular Hbond substituents is 1. The summed E-state index contributed by atoms with van der Waals surface area (Å²) in [6, 6.07) is 20.2. The molecule has 0 radical (unpaired) electrons. The lowest BCUT2D eigenvalue weighted by Gasteiger charge is -2.12. The summed E-state index contributed by atoms with van der Waals surface area (Å²) in [5.74, 6) is 0.484. The number of ether oxygens (including phenoxy) is 1. The van der Waals surface area contributed by atoms with E-state index in [-0.39, 0.29) is 19.0 Å². The van der Waals surface area contributed by atoms with Gasteiger partial charge in [0.2, 0.25) is 0 Å². The smallest absolute Gasteiger partial charge is 0.161 e. The lowest BCUT2D eigenvalue weighted by molar-refractivity contribution is 0.197. The van der Waals surface area contributed by atoms with Crippen LogP contribution in [0.25, 0.3) is 22.3 Å². The van der Waals surface area contributed by atoms with E-state index in [1.54, 1.807) is 12.1 Å². The van der Waals surface area contributed by atoms with Crippen LogP contribution in [0.3, 0.4) is 0 Å². The Hall–Kier alpha value is -2.78. The number of rotatable bonds is 4. The van der Waals surface area contributed by atoms with Crippen LogP contribution in [-0.4, -0.2) is 23.4 Å². The molecule has 4 rings (SSSR count). The Morgan fingerprint density at radius 1 is 0.875 bits per heavy atom. The zero-order valence-corrected chi connectivity index (χ0v) is 13.2. The molecule has 2 N–H and O–H groups in total. The van der Waals surface area contributed by atoms with Gasteiger partial charge in [0.25, 0.3) is 0 Å². The number of aliphatic hydroxyl groups is 1. The molecule has 0 fully saturated rings. The van der Waals surface area contributed by atoms with E-state index in [1.807, 2.05) is 6.07 Å². The van der Waals surface area contributed by atoms with Gasteiger partial charge in [0.15, 0.2) is 11.5 Å². The highest BCUT2D eigenvalue weighted by Gasteiger charge is 2.21. The second kappa shape index (κ2) is 6.02. The van der Waals surface area contributed by atoms with Gasteiger partial charge in [-0.15, -0.1) is 0 Å². The molecule has 0 amide bonds. The van der Waals surface area contributed by atoms with Crippen LogP contribution in [-0.2, 0) is 6.42 Å². The number of fused-ring (bicyclic) bond motifs is 3. The summed E-state index contributed by atoms with van der Waals surface area (Å²) < 4.78 is 5.32. The largest absolute Gasteiger partial charge is 0.504 e. The minimum absolute atomic E-state index is 0.0777. The topological polar surface area (TPSA) is 49.7 Å². The number of phenols is 1. The number of benzene rings is 3. The first-order chi connectivity index (χ1) is 11.8. The quantitative estimate of drug-likeness (QED) is 0.598. The van der Waals surface area contributed by atoms with Crippen molar-refractivity contribution in [1.82, 2.24) is 0 Å². The highest BCUT2D eigenvalue weighted by molar-refractivity contribution is 5.85. The van der Waals surface area contributed by atoms with Crippen molar-refractivity contribution in [3.05, 3.63) is 71.8 Å². The normalized spacial score (nSPS) is 11.9. The molecular weight excluding hydrogens is 300 g/mol. The molecule has 3 heteroatoms. The molecule has 0 bridgehead atoms. The maximum absolute atomic E-state index is 10.2. The third-order valence-electron chi connectivity index (χ3n) is 4.47. The van der Waals surface area contributed by atoms with E-state index in [4.69, 9.17) is 9.84 Å². The number of aromatic hydroxyl groups is 1. The lowest BCUT2D eigenvalue weighted by Crippen LogP contribution is -2.01. The van der Waals surface area contributed by atoms with E-state index >= 15 is 0 Å². The van der Waals surface area contributed by atoms with Crippen molar-refractivity contribution < 1.29 is 14.9 Å². The van der Waals surface area contributed by atoms with E-state index in [2.05, 4.69) is 42.5 Å².